The highest BCUT2D eigenvalue weighted by Crippen LogP contribution is 2.17. The molecule has 0 saturated heterocycles. The van der Waals surface area contributed by atoms with Gasteiger partial charge in [0.2, 0.25) is 5.91 Å². The second kappa shape index (κ2) is 41.7. The Balaban J connectivity index is 4.16. The molecule has 0 saturated carbocycles. The van der Waals surface area contributed by atoms with Gasteiger partial charge in [0.05, 0.1) is 0 Å². The van der Waals surface area contributed by atoms with Crippen molar-refractivity contribution in [3.63, 3.8) is 0 Å². The van der Waals surface area contributed by atoms with Gasteiger partial charge in [0.1, 0.15) is 12.1 Å². The van der Waals surface area contributed by atoms with E-state index in [1.54, 1.807) is 0 Å². The summed E-state index contributed by atoms with van der Waals surface area (Å²) < 4.78 is 5.94. The molecule has 0 aliphatic carbocycles. The number of hydrogen-bond donors (Lipinski definition) is 3. The predicted molar refractivity (Wildman–Crippen MR) is 230 cm³/mol. The zero-order chi connectivity index (χ0) is 39.6. The van der Waals surface area contributed by atoms with Crippen LogP contribution >= 0.6 is 0 Å². The quantitative estimate of drug-likeness (QED) is 0.0324. The van der Waals surface area contributed by atoms with Crippen LogP contribution in [0.3, 0.4) is 0 Å². The number of aliphatic carboxylic acids is 1. The minimum atomic E-state index is -1.01. The second-order valence-electron chi connectivity index (χ2n) is 15.4. The molecule has 0 spiro atoms. The highest BCUT2D eigenvalue weighted by Gasteiger charge is 2.18. The van der Waals surface area contributed by atoms with Crippen molar-refractivity contribution in [2.24, 2.45) is 5.73 Å². The van der Waals surface area contributed by atoms with E-state index in [0.717, 1.165) is 77.0 Å². The third-order valence-corrected chi connectivity index (χ3v) is 10.2. The van der Waals surface area contributed by atoms with Crippen LogP contribution < -0.4 is 11.1 Å². The molecular formula is C47H86N2O5. The SMILES string of the molecule is CC/C=C\C/C=C\C/C=C\C(CCCCCCCCC(=O)NC(CCCN)C(=O)O)OC(=O)CCCCCCCCCCCCCCCCCCCCC. The molecular weight excluding hydrogens is 673 g/mol. The Labute approximate surface area is 333 Å². The van der Waals surface area contributed by atoms with E-state index in [2.05, 4.69) is 55.6 Å². The van der Waals surface area contributed by atoms with Gasteiger partial charge < -0.3 is 20.9 Å². The predicted octanol–water partition coefficient (Wildman–Crippen LogP) is 13.0. The Morgan fingerprint density at radius 1 is 0.556 bits per heavy atom. The van der Waals surface area contributed by atoms with Crippen LogP contribution in [0.1, 0.15) is 226 Å². The number of amides is 1. The molecule has 1 amide bonds. The molecule has 0 rings (SSSR count). The number of hydrogen-bond acceptors (Lipinski definition) is 5. The van der Waals surface area contributed by atoms with E-state index >= 15 is 0 Å². The van der Waals surface area contributed by atoms with Crippen molar-refractivity contribution >= 4 is 17.8 Å². The van der Waals surface area contributed by atoms with Crippen LogP contribution in [0.2, 0.25) is 0 Å². The number of allylic oxidation sites excluding steroid dienone is 5. The van der Waals surface area contributed by atoms with E-state index in [9.17, 15) is 19.5 Å². The molecule has 2 atom stereocenters. The summed E-state index contributed by atoms with van der Waals surface area (Å²) in [5.41, 5.74) is 5.47. The van der Waals surface area contributed by atoms with E-state index in [1.807, 2.05) is 0 Å². The Hall–Kier alpha value is -2.41. The summed E-state index contributed by atoms with van der Waals surface area (Å²) in [6.45, 7) is 4.83. The highest BCUT2D eigenvalue weighted by atomic mass is 16.5. The van der Waals surface area contributed by atoms with Gasteiger partial charge in [0.25, 0.3) is 0 Å². The number of carbonyl (C=O) groups is 3. The third kappa shape index (κ3) is 37.9. The topological polar surface area (TPSA) is 119 Å². The summed E-state index contributed by atoms with van der Waals surface area (Å²) in [4.78, 5) is 36.2. The van der Waals surface area contributed by atoms with Gasteiger partial charge in [-0.15, -0.1) is 0 Å². The molecule has 4 N–H and O–H groups in total. The zero-order valence-electron chi connectivity index (χ0n) is 35.3. The lowest BCUT2D eigenvalue weighted by Crippen LogP contribution is -2.40. The Morgan fingerprint density at radius 2 is 1.00 bits per heavy atom. The third-order valence-electron chi connectivity index (χ3n) is 10.2. The smallest absolute Gasteiger partial charge is 0.326 e. The number of nitrogens with two attached hydrogens (primary N) is 1. The molecule has 7 nitrogen and oxygen atoms in total. The van der Waals surface area contributed by atoms with E-state index < -0.39 is 12.0 Å². The molecule has 0 aromatic carbocycles. The van der Waals surface area contributed by atoms with Gasteiger partial charge in [-0.2, -0.15) is 0 Å². The lowest BCUT2D eigenvalue weighted by Gasteiger charge is -2.15. The van der Waals surface area contributed by atoms with E-state index in [4.69, 9.17) is 10.5 Å². The fraction of sp³-hybridized carbons (Fsp3) is 0.809. The number of carbonyl (C=O) groups excluding carboxylic acids is 2. The molecule has 0 bridgehead atoms. The normalized spacial score (nSPS) is 12.9. The summed E-state index contributed by atoms with van der Waals surface area (Å²) in [5.74, 6) is -1.29. The first-order valence-corrected chi connectivity index (χ1v) is 22.8. The summed E-state index contributed by atoms with van der Waals surface area (Å²) >= 11 is 0. The van der Waals surface area contributed by atoms with Gasteiger partial charge in [-0.3, -0.25) is 9.59 Å². The molecule has 7 heteroatoms. The summed E-state index contributed by atoms with van der Waals surface area (Å²) in [6, 6.07) is -0.857. The van der Waals surface area contributed by atoms with Crippen molar-refractivity contribution in [3.8, 4) is 0 Å². The maximum Gasteiger partial charge on any atom is 0.326 e. The molecule has 0 aromatic heterocycles. The van der Waals surface area contributed by atoms with Crippen LogP contribution in [0.5, 0.6) is 0 Å². The molecule has 314 valence electrons. The number of unbranched alkanes of at least 4 members (excludes halogenated alkanes) is 23. The van der Waals surface area contributed by atoms with Gasteiger partial charge in [-0.25, -0.2) is 4.79 Å². The van der Waals surface area contributed by atoms with Crippen LogP contribution in [0, 0.1) is 0 Å². The van der Waals surface area contributed by atoms with Crippen molar-refractivity contribution in [1.82, 2.24) is 5.32 Å². The molecule has 0 fully saturated rings. The molecule has 0 aliphatic rings. The summed E-state index contributed by atoms with van der Waals surface area (Å²) in [6.07, 6.45) is 49.4. The molecule has 2 unspecified atom stereocenters. The first kappa shape index (κ1) is 51.6. The fourth-order valence-corrected chi connectivity index (χ4v) is 6.80. The Bertz CT molecular complexity index is 946. The number of nitrogens with one attached hydrogen (secondary N) is 1. The summed E-state index contributed by atoms with van der Waals surface area (Å²) in [7, 11) is 0. The number of ether oxygens (including phenoxy) is 1. The summed E-state index contributed by atoms with van der Waals surface area (Å²) in [5, 5.41) is 11.9. The van der Waals surface area contributed by atoms with E-state index in [0.29, 0.717) is 32.2 Å². The number of esters is 1. The van der Waals surface area contributed by atoms with E-state index in [-0.39, 0.29) is 18.0 Å². The molecule has 54 heavy (non-hydrogen) atoms. The lowest BCUT2D eigenvalue weighted by molar-refractivity contribution is -0.147. The van der Waals surface area contributed by atoms with Crippen LogP contribution in [0.25, 0.3) is 0 Å². The number of rotatable bonds is 41. The second-order valence-corrected chi connectivity index (χ2v) is 15.4. The van der Waals surface area contributed by atoms with Crippen molar-refractivity contribution in [2.75, 3.05) is 6.54 Å². The van der Waals surface area contributed by atoms with Crippen molar-refractivity contribution < 1.29 is 24.2 Å². The molecule has 0 aromatic rings. The van der Waals surface area contributed by atoms with Crippen LogP contribution in [0.4, 0.5) is 0 Å². The van der Waals surface area contributed by atoms with E-state index in [1.165, 1.54) is 109 Å². The van der Waals surface area contributed by atoms with Crippen molar-refractivity contribution in [1.29, 1.82) is 0 Å². The zero-order valence-corrected chi connectivity index (χ0v) is 35.3. The van der Waals surface area contributed by atoms with Crippen molar-refractivity contribution in [3.05, 3.63) is 36.5 Å². The van der Waals surface area contributed by atoms with Crippen molar-refractivity contribution in [2.45, 2.75) is 238 Å². The lowest BCUT2D eigenvalue weighted by atomic mass is 10.0. The molecule has 0 radical (unpaired) electrons. The van der Waals surface area contributed by atoms with Gasteiger partial charge in [-0.05, 0) is 70.4 Å². The number of carboxylic acid groups (broad SMARTS) is 1. The average molecular weight is 759 g/mol. The maximum atomic E-state index is 12.7. The highest BCUT2D eigenvalue weighted by molar-refractivity contribution is 5.83. The van der Waals surface area contributed by atoms with Crippen LogP contribution in [-0.4, -0.2) is 41.6 Å². The largest absolute Gasteiger partial charge is 0.480 e. The standard InChI is InChI=1S/C47H86N2O5/c1-3-5-7-9-11-13-14-15-16-17-18-19-20-21-22-23-25-31-35-41-46(51)54-43(37-32-28-24-12-10-8-6-4-2)38-33-29-26-27-30-34-40-45(50)49-44(47(52)53)39-36-42-48/h6,8,12,24,32,37,43-44H,3-5,7,9-11,13-23,25-31,33-36,38-42,48H2,1-2H3,(H,49,50)(H,52,53)/b8-6-,24-12-,37-32-. The van der Waals surface area contributed by atoms with Gasteiger partial charge in [-0.1, -0.05) is 185 Å². The van der Waals surface area contributed by atoms with Crippen LogP contribution in [0.15, 0.2) is 36.5 Å². The Morgan fingerprint density at radius 3 is 1.48 bits per heavy atom. The molecule has 0 heterocycles. The van der Waals surface area contributed by atoms with Gasteiger partial charge in [0, 0.05) is 12.8 Å². The minimum absolute atomic E-state index is 0.0803. The first-order valence-electron chi connectivity index (χ1n) is 22.8. The average Bonchev–Trinajstić information content (AvgIpc) is 3.16. The van der Waals surface area contributed by atoms with Crippen LogP contribution in [-0.2, 0) is 19.1 Å². The Kier molecular flexibility index (Phi) is 39.9. The fourth-order valence-electron chi connectivity index (χ4n) is 6.80. The minimum Gasteiger partial charge on any atom is -0.480 e. The maximum absolute atomic E-state index is 12.7. The monoisotopic (exact) mass is 759 g/mol. The van der Waals surface area contributed by atoms with Gasteiger partial charge in [0.15, 0.2) is 0 Å². The first-order chi connectivity index (χ1) is 26.4. The molecule has 0 aliphatic heterocycles. The number of carboxylic acids is 1. The van der Waals surface area contributed by atoms with Gasteiger partial charge >= 0.3 is 11.9 Å².